The number of aromatic nitrogens is 2. The van der Waals surface area contributed by atoms with Crippen LogP contribution in [-0.2, 0) is 6.42 Å². The molecule has 0 unspecified atom stereocenters. The van der Waals surface area contributed by atoms with Crippen LogP contribution in [0.25, 0.3) is 22.4 Å². The lowest BCUT2D eigenvalue weighted by molar-refractivity contribution is -0.269. The zero-order valence-electron chi connectivity index (χ0n) is 14.3. The number of hydrogen-bond donors (Lipinski definition) is 3. The number of rotatable bonds is 4. The normalized spacial score (nSPS) is 12.3. The van der Waals surface area contributed by atoms with E-state index in [-0.39, 0.29) is 40.8 Å². The predicted octanol–water partition coefficient (Wildman–Crippen LogP) is 2.51. The van der Waals surface area contributed by atoms with E-state index in [1.54, 1.807) is 18.2 Å². The van der Waals surface area contributed by atoms with Gasteiger partial charge in [0.05, 0.1) is 0 Å². The van der Waals surface area contributed by atoms with Crippen molar-refractivity contribution in [1.82, 2.24) is 10.2 Å². The molecule has 0 saturated carbocycles. The van der Waals surface area contributed by atoms with E-state index in [4.69, 9.17) is 9.47 Å². The second kappa shape index (κ2) is 6.24. The van der Waals surface area contributed by atoms with Crippen LogP contribution in [0.3, 0.4) is 0 Å². The van der Waals surface area contributed by atoms with Gasteiger partial charge in [0.15, 0.2) is 17.2 Å². The van der Waals surface area contributed by atoms with Crippen molar-refractivity contribution in [2.75, 3.05) is 6.79 Å². The number of carbonyl (C=O) groups is 1. The summed E-state index contributed by atoms with van der Waals surface area (Å²) in [6.45, 7) is 1.91. The van der Waals surface area contributed by atoms with Gasteiger partial charge in [-0.2, -0.15) is 5.10 Å². The van der Waals surface area contributed by atoms with Gasteiger partial charge in [-0.05, 0) is 36.2 Å². The molecule has 27 heavy (non-hydrogen) atoms. The van der Waals surface area contributed by atoms with Crippen molar-refractivity contribution in [2.45, 2.75) is 13.3 Å². The quantitative estimate of drug-likeness (QED) is 0.646. The number of fused-ring (bicyclic) bond motifs is 1. The monoisotopic (exact) mass is 367 g/mol. The molecule has 0 radical (unpaired) electrons. The Hall–Kier alpha value is -3.68. The van der Waals surface area contributed by atoms with Crippen molar-refractivity contribution in [1.29, 1.82) is 0 Å². The lowest BCUT2D eigenvalue weighted by Crippen LogP contribution is -2.00. The van der Waals surface area contributed by atoms with E-state index in [0.29, 0.717) is 29.0 Å². The van der Waals surface area contributed by atoms with Gasteiger partial charge in [-0.3, -0.25) is 5.10 Å². The number of nitrogens with zero attached hydrogens (tertiary/aromatic N) is 1. The largest absolute Gasteiger partial charge is 0.872 e. The number of aromatic hydroxyl groups is 1. The minimum atomic E-state index is -1.20. The second-order valence-corrected chi connectivity index (χ2v) is 6.03. The number of ether oxygens (including phenoxy) is 2. The van der Waals surface area contributed by atoms with Crippen LogP contribution in [0.2, 0.25) is 0 Å². The molecule has 8 nitrogen and oxygen atoms in total. The summed E-state index contributed by atoms with van der Waals surface area (Å²) >= 11 is 0. The highest BCUT2D eigenvalue weighted by atomic mass is 16.7. The highest BCUT2D eigenvalue weighted by molar-refractivity contribution is 5.99. The number of benzene rings is 2. The van der Waals surface area contributed by atoms with Gasteiger partial charge in [-0.25, -0.2) is 4.79 Å². The number of aromatic amines is 1. The fourth-order valence-corrected chi connectivity index (χ4v) is 3.10. The van der Waals surface area contributed by atoms with Crippen LogP contribution in [0.15, 0.2) is 30.3 Å². The van der Waals surface area contributed by atoms with Gasteiger partial charge in [0.1, 0.15) is 11.4 Å². The number of aryl methyl sites for hydroxylation is 1. The highest BCUT2D eigenvalue weighted by Gasteiger charge is 2.25. The first-order chi connectivity index (χ1) is 13.0. The first-order valence-corrected chi connectivity index (χ1v) is 8.24. The third-order valence-electron chi connectivity index (χ3n) is 4.46. The molecule has 4 rings (SSSR count). The number of carboxylic acid groups (broad SMARTS) is 1. The van der Waals surface area contributed by atoms with Gasteiger partial charge in [0, 0.05) is 11.1 Å². The molecule has 1 aliphatic rings. The van der Waals surface area contributed by atoms with Crippen LogP contribution in [0.5, 0.6) is 23.0 Å². The SMILES string of the molecule is CCc1cc(-c2n[nH]c(C(=O)O)c2-c2ccc3c(c2)OCO3)c(O)cc1[O-]. The molecule has 1 aliphatic heterocycles. The minimum absolute atomic E-state index is 0.0917. The molecule has 2 aromatic carbocycles. The molecule has 0 fully saturated rings. The van der Waals surface area contributed by atoms with Crippen molar-refractivity contribution < 1.29 is 29.6 Å². The molecule has 0 aliphatic carbocycles. The molecule has 0 amide bonds. The maximum Gasteiger partial charge on any atom is 0.354 e. The Morgan fingerprint density at radius 3 is 2.78 bits per heavy atom. The fraction of sp³-hybridized carbons (Fsp3) is 0.158. The van der Waals surface area contributed by atoms with Gasteiger partial charge in [-0.15, -0.1) is 5.75 Å². The van der Waals surface area contributed by atoms with E-state index in [2.05, 4.69) is 10.2 Å². The average Bonchev–Trinajstić information content (AvgIpc) is 3.28. The number of phenols is 1. The Morgan fingerprint density at radius 2 is 2.04 bits per heavy atom. The Bertz CT molecular complexity index is 1060. The van der Waals surface area contributed by atoms with Crippen molar-refractivity contribution in [2.24, 2.45) is 0 Å². The van der Waals surface area contributed by atoms with Gasteiger partial charge < -0.3 is 24.8 Å². The van der Waals surface area contributed by atoms with E-state index in [1.807, 2.05) is 6.92 Å². The van der Waals surface area contributed by atoms with Crippen molar-refractivity contribution >= 4 is 5.97 Å². The summed E-state index contributed by atoms with van der Waals surface area (Å²) < 4.78 is 10.7. The molecule has 0 saturated heterocycles. The predicted molar refractivity (Wildman–Crippen MR) is 93.0 cm³/mol. The molecule has 0 bridgehead atoms. The third-order valence-corrected chi connectivity index (χ3v) is 4.46. The van der Waals surface area contributed by atoms with Crippen LogP contribution in [0.1, 0.15) is 23.0 Å². The highest BCUT2D eigenvalue weighted by Crippen LogP contribution is 2.42. The van der Waals surface area contributed by atoms with E-state index < -0.39 is 5.97 Å². The third kappa shape index (κ3) is 2.71. The lowest BCUT2D eigenvalue weighted by Gasteiger charge is -2.15. The standard InChI is InChI=1S/C19H16N2O6/c1-2-9-5-11(13(23)7-12(9)22)17-16(18(19(24)25)21-20-17)10-3-4-14-15(6-10)27-8-26-14/h3-7,22-23H,2,8H2,1H3,(H,20,21)(H,24,25)/p-1. The summed E-state index contributed by atoms with van der Waals surface area (Å²) in [5.74, 6) is -0.686. The zero-order valence-corrected chi connectivity index (χ0v) is 14.3. The molecule has 8 heteroatoms. The minimum Gasteiger partial charge on any atom is -0.872 e. The molecule has 0 atom stereocenters. The summed E-state index contributed by atoms with van der Waals surface area (Å²) in [4.78, 5) is 11.7. The molecule has 2 heterocycles. The number of phenolic OH excluding ortho intramolecular Hbond substituents is 1. The summed E-state index contributed by atoms with van der Waals surface area (Å²) in [6, 6.07) is 7.68. The van der Waals surface area contributed by atoms with Crippen molar-refractivity contribution in [3.05, 3.63) is 41.6 Å². The van der Waals surface area contributed by atoms with E-state index in [1.165, 1.54) is 6.07 Å². The summed E-state index contributed by atoms with van der Waals surface area (Å²) in [5, 5.41) is 38.4. The maximum absolute atomic E-state index is 11.9. The smallest absolute Gasteiger partial charge is 0.354 e. The Balaban J connectivity index is 1.95. The first kappa shape index (κ1) is 16.8. The number of nitrogens with one attached hydrogen (secondary N) is 1. The van der Waals surface area contributed by atoms with Crippen LogP contribution in [0.4, 0.5) is 0 Å². The Morgan fingerprint density at radius 1 is 1.26 bits per heavy atom. The van der Waals surface area contributed by atoms with Crippen LogP contribution in [-0.4, -0.2) is 33.2 Å². The number of H-pyrrole nitrogens is 1. The van der Waals surface area contributed by atoms with Crippen LogP contribution < -0.4 is 14.6 Å². The van der Waals surface area contributed by atoms with Gasteiger partial charge in [0.25, 0.3) is 0 Å². The van der Waals surface area contributed by atoms with E-state index in [9.17, 15) is 20.1 Å². The maximum atomic E-state index is 11.9. The fourth-order valence-electron chi connectivity index (χ4n) is 3.10. The van der Waals surface area contributed by atoms with Gasteiger partial charge in [0.2, 0.25) is 6.79 Å². The summed E-state index contributed by atoms with van der Waals surface area (Å²) in [5.41, 5.74) is 1.70. The number of aromatic carboxylic acids is 1. The summed E-state index contributed by atoms with van der Waals surface area (Å²) in [6.07, 6.45) is 0.474. The van der Waals surface area contributed by atoms with Gasteiger partial charge in [-0.1, -0.05) is 18.6 Å². The Kier molecular flexibility index (Phi) is 3.88. The van der Waals surface area contributed by atoms with Crippen LogP contribution in [0, 0.1) is 0 Å². The molecule has 3 N–H and O–H groups in total. The second-order valence-electron chi connectivity index (χ2n) is 6.03. The number of carboxylic acids is 1. The lowest BCUT2D eigenvalue weighted by atomic mass is 9.96. The molecule has 1 aromatic heterocycles. The zero-order chi connectivity index (χ0) is 19.1. The topological polar surface area (TPSA) is 128 Å². The average molecular weight is 367 g/mol. The van der Waals surface area contributed by atoms with E-state index >= 15 is 0 Å². The molecular formula is C19H15N2O6-. The van der Waals surface area contributed by atoms with Crippen LogP contribution >= 0.6 is 0 Å². The Labute approximate surface area is 153 Å². The summed E-state index contributed by atoms with van der Waals surface area (Å²) in [7, 11) is 0. The first-order valence-electron chi connectivity index (χ1n) is 8.24. The molecule has 0 spiro atoms. The molecular weight excluding hydrogens is 352 g/mol. The van der Waals surface area contributed by atoms with Crippen molar-refractivity contribution in [3.63, 3.8) is 0 Å². The van der Waals surface area contributed by atoms with Crippen molar-refractivity contribution in [3.8, 4) is 45.4 Å². The number of hydrogen-bond acceptors (Lipinski definition) is 6. The van der Waals surface area contributed by atoms with Gasteiger partial charge >= 0.3 is 5.97 Å². The molecule has 138 valence electrons. The van der Waals surface area contributed by atoms with E-state index in [0.717, 1.165) is 6.07 Å². The molecule has 3 aromatic rings.